The monoisotopic (exact) mass is 237 g/mol. The Labute approximate surface area is 89.3 Å². The topological polar surface area (TPSA) is 50.9 Å². The van der Waals surface area contributed by atoms with Crippen molar-refractivity contribution in [2.75, 3.05) is 23.3 Å². The van der Waals surface area contributed by atoms with Crippen molar-refractivity contribution in [2.45, 2.75) is 5.51 Å². The van der Waals surface area contributed by atoms with E-state index in [1.807, 2.05) is 0 Å². The minimum Gasteiger partial charge on any atom is -0.396 e. The number of hydrogen-bond donors (Lipinski definition) is 2. The molecule has 0 bridgehead atoms. The lowest BCUT2D eigenvalue weighted by Crippen LogP contribution is -2.11. The van der Waals surface area contributed by atoms with Gasteiger partial charge in [-0.15, -0.1) is 0 Å². The molecule has 0 fully saturated rings. The van der Waals surface area contributed by atoms with Crippen LogP contribution < -0.4 is 11.1 Å². The second kappa shape index (κ2) is 5.11. The zero-order valence-electron chi connectivity index (χ0n) is 7.71. The van der Waals surface area contributed by atoms with Crippen LogP contribution >= 0.6 is 11.8 Å². The fourth-order valence-electron chi connectivity index (χ4n) is 0.902. The molecule has 1 aromatic rings. The van der Waals surface area contributed by atoms with Crippen LogP contribution in [0.15, 0.2) is 18.3 Å². The first-order valence-corrected chi connectivity index (χ1v) is 5.12. The zero-order chi connectivity index (χ0) is 11.3. The molecule has 0 spiro atoms. The summed E-state index contributed by atoms with van der Waals surface area (Å²) >= 11 is -0.0724. The Balaban J connectivity index is 2.30. The van der Waals surface area contributed by atoms with Gasteiger partial charge in [-0.2, -0.15) is 13.2 Å². The Morgan fingerprint density at radius 1 is 1.47 bits per heavy atom. The average molecular weight is 237 g/mol. The first-order chi connectivity index (χ1) is 6.99. The summed E-state index contributed by atoms with van der Waals surface area (Å²) in [6.45, 7) is 0.172. The van der Waals surface area contributed by atoms with Crippen molar-refractivity contribution in [1.29, 1.82) is 0 Å². The smallest absolute Gasteiger partial charge is 0.396 e. The van der Waals surface area contributed by atoms with Crippen molar-refractivity contribution < 1.29 is 13.2 Å². The van der Waals surface area contributed by atoms with Crippen LogP contribution in [0.1, 0.15) is 0 Å². The van der Waals surface area contributed by atoms with E-state index >= 15 is 0 Å². The zero-order valence-corrected chi connectivity index (χ0v) is 8.53. The van der Waals surface area contributed by atoms with Crippen LogP contribution in [0.25, 0.3) is 0 Å². The van der Waals surface area contributed by atoms with E-state index in [1.165, 1.54) is 6.20 Å². The molecule has 0 aliphatic rings. The van der Waals surface area contributed by atoms with Crippen molar-refractivity contribution in [3.05, 3.63) is 18.3 Å². The molecule has 3 nitrogen and oxygen atoms in total. The van der Waals surface area contributed by atoms with Gasteiger partial charge in [0, 0.05) is 18.5 Å². The standard InChI is InChI=1S/C8H10F3N3S/c9-8(10,11)15-5-4-14-7-6(12)2-1-3-13-7/h1-3H,4-5,12H2,(H,13,14). The third kappa shape index (κ3) is 4.78. The van der Waals surface area contributed by atoms with Crippen LogP contribution in [0, 0.1) is 0 Å². The van der Waals surface area contributed by atoms with Crippen LogP contribution in [0.5, 0.6) is 0 Å². The number of halogens is 3. The molecule has 1 aromatic heterocycles. The Morgan fingerprint density at radius 3 is 2.80 bits per heavy atom. The lowest BCUT2D eigenvalue weighted by Gasteiger charge is -2.08. The van der Waals surface area contributed by atoms with E-state index in [-0.39, 0.29) is 24.1 Å². The summed E-state index contributed by atoms with van der Waals surface area (Å²) in [6.07, 6.45) is 1.52. The minimum atomic E-state index is -4.18. The summed E-state index contributed by atoms with van der Waals surface area (Å²) in [5.74, 6) is 0.347. The summed E-state index contributed by atoms with van der Waals surface area (Å²) in [7, 11) is 0. The number of rotatable bonds is 4. The normalized spacial score (nSPS) is 11.4. The van der Waals surface area contributed by atoms with Gasteiger partial charge in [-0.3, -0.25) is 0 Å². The molecular formula is C8H10F3N3S. The van der Waals surface area contributed by atoms with Gasteiger partial charge < -0.3 is 11.1 Å². The van der Waals surface area contributed by atoms with Gasteiger partial charge in [0.15, 0.2) is 0 Å². The number of nitrogens with zero attached hydrogens (tertiary/aromatic N) is 1. The molecule has 0 aromatic carbocycles. The maximum Gasteiger partial charge on any atom is 0.441 e. The Hall–Kier alpha value is -1.11. The first kappa shape index (κ1) is 12.0. The van der Waals surface area contributed by atoms with Gasteiger partial charge in [0.1, 0.15) is 5.82 Å². The molecule has 3 N–H and O–H groups in total. The number of anilines is 2. The highest BCUT2D eigenvalue weighted by atomic mass is 32.2. The molecule has 0 unspecified atom stereocenters. The third-order valence-corrected chi connectivity index (χ3v) is 2.23. The van der Waals surface area contributed by atoms with Crippen LogP contribution in [0.3, 0.4) is 0 Å². The third-order valence-electron chi connectivity index (χ3n) is 1.50. The molecule has 0 saturated heterocycles. The van der Waals surface area contributed by atoms with Gasteiger partial charge in [0.2, 0.25) is 0 Å². The molecule has 0 amide bonds. The summed E-state index contributed by atoms with van der Waals surface area (Å²) in [5.41, 5.74) is 1.78. The van der Waals surface area contributed by atoms with E-state index < -0.39 is 5.51 Å². The molecule has 0 atom stereocenters. The average Bonchev–Trinajstić information content (AvgIpc) is 2.13. The van der Waals surface area contributed by atoms with Crippen LogP contribution in [-0.4, -0.2) is 22.8 Å². The number of pyridine rings is 1. The lowest BCUT2D eigenvalue weighted by atomic mass is 10.4. The van der Waals surface area contributed by atoms with E-state index in [2.05, 4.69) is 10.3 Å². The highest BCUT2D eigenvalue weighted by Gasteiger charge is 2.27. The van der Waals surface area contributed by atoms with Crippen LogP contribution in [-0.2, 0) is 0 Å². The van der Waals surface area contributed by atoms with Gasteiger partial charge in [-0.1, -0.05) is 0 Å². The highest BCUT2D eigenvalue weighted by molar-refractivity contribution is 8.00. The Kier molecular flexibility index (Phi) is 4.07. The number of nitrogens with two attached hydrogens (primary N) is 1. The maximum absolute atomic E-state index is 11.8. The molecule has 1 heterocycles. The predicted octanol–water partition coefficient (Wildman–Crippen LogP) is 2.33. The molecule has 0 aliphatic carbocycles. The molecule has 7 heteroatoms. The van der Waals surface area contributed by atoms with E-state index in [9.17, 15) is 13.2 Å². The van der Waals surface area contributed by atoms with E-state index in [1.54, 1.807) is 12.1 Å². The quantitative estimate of drug-likeness (QED) is 0.789. The van der Waals surface area contributed by atoms with Gasteiger partial charge in [0.25, 0.3) is 0 Å². The summed E-state index contributed by atoms with van der Waals surface area (Å²) in [4.78, 5) is 3.89. The van der Waals surface area contributed by atoms with E-state index in [4.69, 9.17) is 5.73 Å². The molecular weight excluding hydrogens is 227 g/mol. The molecule has 1 rings (SSSR count). The molecule has 0 radical (unpaired) electrons. The minimum absolute atomic E-state index is 0.0699. The number of nitrogen functional groups attached to an aromatic ring is 1. The van der Waals surface area contributed by atoms with E-state index in [0.717, 1.165) is 0 Å². The van der Waals surface area contributed by atoms with Crippen LogP contribution in [0.4, 0.5) is 24.7 Å². The summed E-state index contributed by atoms with van der Waals surface area (Å²) in [5, 5.41) is 2.73. The number of thioether (sulfide) groups is 1. The van der Waals surface area contributed by atoms with E-state index in [0.29, 0.717) is 11.5 Å². The van der Waals surface area contributed by atoms with Gasteiger partial charge in [-0.05, 0) is 23.9 Å². The molecule has 84 valence electrons. The number of alkyl halides is 3. The van der Waals surface area contributed by atoms with Crippen molar-refractivity contribution in [2.24, 2.45) is 0 Å². The number of aromatic nitrogens is 1. The molecule has 15 heavy (non-hydrogen) atoms. The fourth-order valence-corrected chi connectivity index (χ4v) is 1.34. The second-order valence-electron chi connectivity index (χ2n) is 2.66. The van der Waals surface area contributed by atoms with Gasteiger partial charge in [0.05, 0.1) is 5.69 Å². The molecule has 0 saturated carbocycles. The second-order valence-corrected chi connectivity index (χ2v) is 3.82. The summed E-state index contributed by atoms with van der Waals surface area (Å²) in [6, 6.07) is 3.29. The Morgan fingerprint density at radius 2 is 2.20 bits per heavy atom. The SMILES string of the molecule is Nc1cccnc1NCCSC(F)(F)F. The van der Waals surface area contributed by atoms with Crippen molar-refractivity contribution in [3.63, 3.8) is 0 Å². The molecule has 0 aliphatic heterocycles. The van der Waals surface area contributed by atoms with Crippen molar-refractivity contribution in [1.82, 2.24) is 4.98 Å². The highest BCUT2D eigenvalue weighted by Crippen LogP contribution is 2.29. The number of hydrogen-bond acceptors (Lipinski definition) is 4. The van der Waals surface area contributed by atoms with Crippen molar-refractivity contribution in [3.8, 4) is 0 Å². The number of nitrogens with one attached hydrogen (secondary N) is 1. The van der Waals surface area contributed by atoms with Gasteiger partial charge in [-0.25, -0.2) is 4.98 Å². The first-order valence-electron chi connectivity index (χ1n) is 4.14. The largest absolute Gasteiger partial charge is 0.441 e. The Bertz CT molecular complexity index is 316. The summed E-state index contributed by atoms with van der Waals surface area (Å²) < 4.78 is 35.3. The van der Waals surface area contributed by atoms with Gasteiger partial charge >= 0.3 is 5.51 Å². The van der Waals surface area contributed by atoms with Crippen LogP contribution in [0.2, 0.25) is 0 Å². The fraction of sp³-hybridized carbons (Fsp3) is 0.375. The maximum atomic E-state index is 11.8. The van der Waals surface area contributed by atoms with Crippen molar-refractivity contribution >= 4 is 23.3 Å². The lowest BCUT2D eigenvalue weighted by molar-refractivity contribution is -0.0327. The predicted molar refractivity (Wildman–Crippen MR) is 55.7 cm³/mol.